The fraction of sp³-hybridized carbons (Fsp3) is 0.868. The highest BCUT2D eigenvalue weighted by Gasteiger charge is 2.17. The minimum absolute atomic E-state index is 0.0756. The number of hydrogen-bond donors (Lipinski definition) is 3. The van der Waals surface area contributed by atoms with Gasteiger partial charge in [-0.15, -0.1) is 0 Å². The first-order valence-corrected chi connectivity index (χ1v) is 25.7. The van der Waals surface area contributed by atoms with Crippen LogP contribution >= 0.6 is 0 Å². The number of aliphatic hydroxyl groups is 2. The molecule has 0 aliphatic rings. The molecule has 0 heterocycles. The predicted molar refractivity (Wildman–Crippen MR) is 253 cm³/mol. The highest BCUT2D eigenvalue weighted by atomic mass is 16.3. The van der Waals surface area contributed by atoms with Gasteiger partial charge in [-0.2, -0.15) is 0 Å². The van der Waals surface area contributed by atoms with E-state index in [0.717, 1.165) is 38.5 Å². The minimum atomic E-state index is -0.868. The Labute approximate surface area is 357 Å². The quantitative estimate of drug-likeness (QED) is 0.0424. The molecule has 4 heteroatoms. The average Bonchev–Trinajstić information content (AvgIpc) is 3.22. The lowest BCUT2D eigenvalue weighted by Gasteiger charge is -2.19. The topological polar surface area (TPSA) is 69.6 Å². The first-order chi connectivity index (χ1) is 28.2. The van der Waals surface area contributed by atoms with E-state index in [4.69, 9.17) is 0 Å². The Morgan fingerprint density at radius 1 is 0.404 bits per heavy atom. The monoisotopic (exact) mass is 800 g/mol. The Morgan fingerprint density at radius 3 is 1.02 bits per heavy atom. The van der Waals surface area contributed by atoms with Crippen molar-refractivity contribution in [2.75, 3.05) is 6.61 Å². The van der Waals surface area contributed by atoms with Gasteiger partial charge >= 0.3 is 0 Å². The number of unbranched alkanes of at least 4 members (excludes halogenated alkanes) is 36. The van der Waals surface area contributed by atoms with Crippen LogP contribution in [0.2, 0.25) is 0 Å². The molecule has 0 radical (unpaired) electrons. The van der Waals surface area contributed by atoms with E-state index in [0.29, 0.717) is 6.42 Å². The molecule has 57 heavy (non-hydrogen) atoms. The zero-order valence-corrected chi connectivity index (χ0v) is 38.6. The van der Waals surface area contributed by atoms with Crippen molar-refractivity contribution in [2.24, 2.45) is 0 Å². The van der Waals surface area contributed by atoms with Crippen molar-refractivity contribution in [1.29, 1.82) is 0 Å². The summed E-state index contributed by atoms with van der Waals surface area (Å²) in [5.41, 5.74) is 0. The van der Waals surface area contributed by atoms with Gasteiger partial charge in [-0.05, 0) is 44.9 Å². The standard InChI is InChI=1S/C53H101NO3/c1-3-5-7-9-11-13-15-17-19-20-21-22-23-24-25-26-27-28-29-30-31-32-33-34-35-36-38-40-42-44-46-48-52(56)51(50-55)54-53(57)49-47-45-43-41-39-37-18-16-14-12-10-8-6-4-2/h33-34,38,40,46,48,51-52,55-56H,3-32,35-37,39,41-45,47,49-50H2,1-2H3,(H,54,57)/b34-33+,40-38+,48-46+. The first kappa shape index (κ1) is 55.6. The number of nitrogens with one attached hydrogen (secondary N) is 1. The molecular weight excluding hydrogens is 699 g/mol. The second-order valence-electron chi connectivity index (χ2n) is 17.6. The van der Waals surface area contributed by atoms with Crippen LogP contribution in [0.15, 0.2) is 36.5 Å². The van der Waals surface area contributed by atoms with Crippen LogP contribution in [-0.2, 0) is 4.79 Å². The number of aliphatic hydroxyl groups excluding tert-OH is 2. The third-order valence-corrected chi connectivity index (χ3v) is 11.9. The molecular formula is C53H101NO3. The maximum absolute atomic E-state index is 12.4. The lowest BCUT2D eigenvalue weighted by molar-refractivity contribution is -0.123. The molecule has 336 valence electrons. The van der Waals surface area contributed by atoms with Crippen LogP contribution in [0.5, 0.6) is 0 Å². The van der Waals surface area contributed by atoms with Crippen molar-refractivity contribution >= 4 is 5.91 Å². The summed E-state index contributed by atoms with van der Waals surface area (Å²) in [5, 5.41) is 23.0. The Kier molecular flexibility index (Phi) is 47.8. The number of rotatable bonds is 47. The molecule has 0 bridgehead atoms. The summed E-state index contributed by atoms with van der Waals surface area (Å²) in [7, 11) is 0. The predicted octanol–water partition coefficient (Wildman–Crippen LogP) is 16.5. The molecule has 0 aliphatic heterocycles. The number of allylic oxidation sites excluding steroid dienone is 5. The summed E-state index contributed by atoms with van der Waals surface area (Å²) in [4.78, 5) is 12.4. The summed E-state index contributed by atoms with van der Waals surface area (Å²) in [6.45, 7) is 4.31. The van der Waals surface area contributed by atoms with Crippen LogP contribution < -0.4 is 5.32 Å². The van der Waals surface area contributed by atoms with E-state index in [-0.39, 0.29) is 12.5 Å². The molecule has 0 saturated heterocycles. The molecule has 0 aromatic heterocycles. The van der Waals surface area contributed by atoms with E-state index in [1.165, 1.54) is 218 Å². The van der Waals surface area contributed by atoms with Gasteiger partial charge in [0.05, 0.1) is 18.8 Å². The molecule has 0 rings (SSSR count). The number of carbonyl (C=O) groups excluding carboxylic acids is 1. The van der Waals surface area contributed by atoms with E-state index in [9.17, 15) is 15.0 Å². The van der Waals surface area contributed by atoms with Crippen molar-refractivity contribution in [2.45, 2.75) is 289 Å². The molecule has 2 unspecified atom stereocenters. The van der Waals surface area contributed by atoms with Gasteiger partial charge in [-0.25, -0.2) is 0 Å². The molecule has 0 aromatic rings. The van der Waals surface area contributed by atoms with E-state index in [2.05, 4.69) is 43.5 Å². The SMILES string of the molecule is CCCCCCCCCCCCCCCCCCCCCCC/C=C/CC/C=C/CC/C=C/C(O)C(CO)NC(=O)CCCCCCCCCCCCCCCC. The third-order valence-electron chi connectivity index (χ3n) is 11.9. The zero-order valence-electron chi connectivity index (χ0n) is 38.6. The van der Waals surface area contributed by atoms with Crippen LogP contribution in [0.25, 0.3) is 0 Å². The van der Waals surface area contributed by atoms with Crippen molar-refractivity contribution in [3.63, 3.8) is 0 Å². The lowest BCUT2D eigenvalue weighted by atomic mass is 10.0. The number of amides is 1. The normalized spacial score (nSPS) is 13.1. The smallest absolute Gasteiger partial charge is 0.220 e. The van der Waals surface area contributed by atoms with E-state index < -0.39 is 12.1 Å². The number of hydrogen-bond acceptors (Lipinski definition) is 3. The van der Waals surface area contributed by atoms with Crippen molar-refractivity contribution in [3.8, 4) is 0 Å². The molecule has 4 nitrogen and oxygen atoms in total. The zero-order chi connectivity index (χ0) is 41.4. The Bertz CT molecular complexity index is 866. The first-order valence-electron chi connectivity index (χ1n) is 25.7. The molecule has 0 saturated carbocycles. The highest BCUT2D eigenvalue weighted by molar-refractivity contribution is 5.76. The minimum Gasteiger partial charge on any atom is -0.394 e. The Balaban J connectivity index is 3.53. The van der Waals surface area contributed by atoms with E-state index in [1.807, 2.05) is 6.08 Å². The largest absolute Gasteiger partial charge is 0.394 e. The van der Waals surface area contributed by atoms with E-state index in [1.54, 1.807) is 6.08 Å². The van der Waals surface area contributed by atoms with Crippen LogP contribution in [0.3, 0.4) is 0 Å². The van der Waals surface area contributed by atoms with E-state index >= 15 is 0 Å². The Hall–Kier alpha value is -1.39. The molecule has 0 aliphatic carbocycles. The van der Waals surface area contributed by atoms with Crippen LogP contribution in [-0.4, -0.2) is 34.9 Å². The van der Waals surface area contributed by atoms with Gasteiger partial charge in [0.1, 0.15) is 0 Å². The van der Waals surface area contributed by atoms with Gasteiger partial charge < -0.3 is 15.5 Å². The van der Waals surface area contributed by atoms with Crippen LogP contribution in [0.4, 0.5) is 0 Å². The van der Waals surface area contributed by atoms with Crippen molar-refractivity contribution in [1.82, 2.24) is 5.32 Å². The Morgan fingerprint density at radius 2 is 0.684 bits per heavy atom. The molecule has 3 N–H and O–H groups in total. The highest BCUT2D eigenvalue weighted by Crippen LogP contribution is 2.16. The summed E-state index contributed by atoms with van der Waals surface area (Å²) in [6.07, 6.45) is 65.8. The summed E-state index contributed by atoms with van der Waals surface area (Å²) in [6, 6.07) is -0.642. The summed E-state index contributed by atoms with van der Waals surface area (Å²) >= 11 is 0. The van der Waals surface area contributed by atoms with Gasteiger partial charge in [0.15, 0.2) is 0 Å². The van der Waals surface area contributed by atoms with Crippen molar-refractivity contribution < 1.29 is 15.0 Å². The lowest BCUT2D eigenvalue weighted by Crippen LogP contribution is -2.45. The molecule has 0 spiro atoms. The number of carbonyl (C=O) groups is 1. The second kappa shape index (κ2) is 49.0. The maximum atomic E-state index is 12.4. The summed E-state index contributed by atoms with van der Waals surface area (Å²) < 4.78 is 0. The second-order valence-corrected chi connectivity index (χ2v) is 17.6. The third kappa shape index (κ3) is 45.5. The van der Waals surface area contributed by atoms with Crippen LogP contribution in [0.1, 0.15) is 277 Å². The van der Waals surface area contributed by atoms with Gasteiger partial charge in [0.2, 0.25) is 5.91 Å². The van der Waals surface area contributed by atoms with Crippen LogP contribution in [0, 0.1) is 0 Å². The molecule has 0 aromatic carbocycles. The maximum Gasteiger partial charge on any atom is 0.220 e. The van der Waals surface area contributed by atoms with Crippen molar-refractivity contribution in [3.05, 3.63) is 36.5 Å². The summed E-state index contributed by atoms with van der Waals surface area (Å²) in [5.74, 6) is -0.0756. The molecule has 1 amide bonds. The van der Waals surface area contributed by atoms with Gasteiger partial charge in [0, 0.05) is 6.42 Å². The van der Waals surface area contributed by atoms with Gasteiger partial charge in [-0.3, -0.25) is 4.79 Å². The molecule has 2 atom stereocenters. The fourth-order valence-electron chi connectivity index (χ4n) is 7.92. The van der Waals surface area contributed by atoms with Gasteiger partial charge in [0.25, 0.3) is 0 Å². The average molecular weight is 800 g/mol. The van der Waals surface area contributed by atoms with Gasteiger partial charge in [-0.1, -0.05) is 262 Å². The molecule has 0 fully saturated rings. The fourth-order valence-corrected chi connectivity index (χ4v) is 7.92.